The van der Waals surface area contributed by atoms with Gasteiger partial charge < -0.3 is 10.2 Å². The first-order valence-corrected chi connectivity index (χ1v) is 5.74. The predicted molar refractivity (Wildman–Crippen MR) is 59.7 cm³/mol. The number of nitrogens with one attached hydrogen (secondary N) is 1. The normalized spacial score (nSPS) is 16.5. The number of halogens is 3. The molecule has 0 aliphatic carbocycles. The van der Waals surface area contributed by atoms with Crippen molar-refractivity contribution in [3.63, 3.8) is 0 Å². The third kappa shape index (κ3) is 2.64. The molecule has 3 nitrogen and oxygen atoms in total. The number of hydrogen-bond acceptors (Lipinski definition) is 2. The van der Waals surface area contributed by atoms with Gasteiger partial charge in [-0.15, -0.1) is 0 Å². The van der Waals surface area contributed by atoms with Crippen LogP contribution in [0.4, 0.5) is 13.2 Å². The first-order chi connectivity index (χ1) is 8.59. The molecule has 2 rings (SSSR count). The molecule has 1 amide bonds. The van der Waals surface area contributed by atoms with Crippen molar-refractivity contribution in [2.24, 2.45) is 0 Å². The van der Waals surface area contributed by atoms with Gasteiger partial charge >= 0.3 is 0 Å². The zero-order valence-corrected chi connectivity index (χ0v) is 9.68. The van der Waals surface area contributed by atoms with Crippen LogP contribution < -0.4 is 5.32 Å². The molecule has 0 spiro atoms. The second-order valence-electron chi connectivity index (χ2n) is 4.14. The Morgan fingerprint density at radius 3 is 2.44 bits per heavy atom. The van der Waals surface area contributed by atoms with E-state index in [1.165, 1.54) is 4.90 Å². The van der Waals surface area contributed by atoms with Crippen LogP contribution in [0.5, 0.6) is 0 Å². The van der Waals surface area contributed by atoms with Gasteiger partial charge in [-0.1, -0.05) is 0 Å². The average molecular weight is 258 g/mol. The highest BCUT2D eigenvalue weighted by molar-refractivity contribution is 5.94. The van der Waals surface area contributed by atoms with Gasteiger partial charge in [0, 0.05) is 31.8 Å². The molecule has 1 aliphatic rings. The summed E-state index contributed by atoms with van der Waals surface area (Å²) in [5.74, 6) is -4.07. The van der Waals surface area contributed by atoms with Gasteiger partial charge in [-0.05, 0) is 13.0 Å². The maximum Gasteiger partial charge on any atom is 0.259 e. The molecule has 0 radical (unpaired) electrons. The number of carbonyl (C=O) groups excluding carboxylic acids is 1. The quantitative estimate of drug-likeness (QED) is 0.828. The van der Waals surface area contributed by atoms with Crippen LogP contribution in [0.1, 0.15) is 16.8 Å². The number of nitrogens with zero attached hydrogens (tertiary/aromatic N) is 1. The summed E-state index contributed by atoms with van der Waals surface area (Å²) in [6.07, 6.45) is 0.718. The van der Waals surface area contributed by atoms with Crippen LogP contribution in [0.25, 0.3) is 0 Å². The molecule has 0 bridgehead atoms. The summed E-state index contributed by atoms with van der Waals surface area (Å²) in [5.41, 5.74) is -0.682. The van der Waals surface area contributed by atoms with Crippen LogP contribution in [0, 0.1) is 17.5 Å². The molecule has 0 aromatic heterocycles. The molecule has 18 heavy (non-hydrogen) atoms. The van der Waals surface area contributed by atoms with Crippen molar-refractivity contribution in [2.75, 3.05) is 26.2 Å². The van der Waals surface area contributed by atoms with Gasteiger partial charge in [0.25, 0.3) is 5.91 Å². The topological polar surface area (TPSA) is 32.3 Å². The Morgan fingerprint density at radius 1 is 1.11 bits per heavy atom. The van der Waals surface area contributed by atoms with E-state index in [-0.39, 0.29) is 0 Å². The molecule has 1 heterocycles. The third-order valence-electron chi connectivity index (χ3n) is 2.85. The SMILES string of the molecule is O=C(c1c(F)cc(F)cc1F)N1CCCNCC1. The van der Waals surface area contributed by atoms with E-state index in [0.717, 1.165) is 13.0 Å². The van der Waals surface area contributed by atoms with Gasteiger partial charge in [-0.25, -0.2) is 13.2 Å². The van der Waals surface area contributed by atoms with Crippen molar-refractivity contribution in [3.8, 4) is 0 Å². The molecule has 0 saturated carbocycles. The van der Waals surface area contributed by atoms with Crippen molar-refractivity contribution in [1.29, 1.82) is 0 Å². The van der Waals surface area contributed by atoms with E-state index >= 15 is 0 Å². The molecule has 1 fully saturated rings. The zero-order valence-electron chi connectivity index (χ0n) is 9.68. The monoisotopic (exact) mass is 258 g/mol. The summed E-state index contributed by atoms with van der Waals surface area (Å²) in [7, 11) is 0. The van der Waals surface area contributed by atoms with E-state index in [1.807, 2.05) is 0 Å². The van der Waals surface area contributed by atoms with Gasteiger partial charge in [0.1, 0.15) is 23.0 Å². The summed E-state index contributed by atoms with van der Waals surface area (Å²) in [6, 6.07) is 1.04. The lowest BCUT2D eigenvalue weighted by atomic mass is 10.1. The lowest BCUT2D eigenvalue weighted by Gasteiger charge is -2.20. The molecule has 1 aromatic rings. The second kappa shape index (κ2) is 5.39. The highest BCUT2D eigenvalue weighted by Gasteiger charge is 2.24. The molecule has 1 aromatic carbocycles. The Bertz CT molecular complexity index is 434. The Balaban J connectivity index is 2.27. The summed E-state index contributed by atoms with van der Waals surface area (Å²) >= 11 is 0. The maximum absolute atomic E-state index is 13.5. The Morgan fingerprint density at radius 2 is 1.78 bits per heavy atom. The number of amides is 1. The van der Waals surface area contributed by atoms with Crippen molar-refractivity contribution < 1.29 is 18.0 Å². The van der Waals surface area contributed by atoms with Gasteiger partial charge in [0.05, 0.1) is 0 Å². The molecule has 1 saturated heterocycles. The van der Waals surface area contributed by atoms with E-state index < -0.39 is 28.9 Å². The van der Waals surface area contributed by atoms with Gasteiger partial charge in [-0.2, -0.15) is 0 Å². The van der Waals surface area contributed by atoms with Crippen LogP contribution in [-0.2, 0) is 0 Å². The van der Waals surface area contributed by atoms with Gasteiger partial charge in [0.15, 0.2) is 0 Å². The summed E-state index contributed by atoms with van der Waals surface area (Å²) in [5, 5.41) is 3.08. The van der Waals surface area contributed by atoms with Gasteiger partial charge in [-0.3, -0.25) is 4.79 Å². The highest BCUT2D eigenvalue weighted by atomic mass is 19.1. The fourth-order valence-electron chi connectivity index (χ4n) is 1.95. The Kier molecular flexibility index (Phi) is 3.86. The largest absolute Gasteiger partial charge is 0.337 e. The molecule has 1 N–H and O–H groups in total. The van der Waals surface area contributed by atoms with Crippen LogP contribution in [-0.4, -0.2) is 37.0 Å². The third-order valence-corrected chi connectivity index (χ3v) is 2.85. The Labute approximate surface area is 103 Å². The van der Waals surface area contributed by atoms with E-state index in [2.05, 4.69) is 5.32 Å². The summed E-state index contributed by atoms with van der Waals surface area (Å²) in [4.78, 5) is 13.4. The summed E-state index contributed by atoms with van der Waals surface area (Å²) in [6.45, 7) is 2.16. The van der Waals surface area contributed by atoms with Crippen molar-refractivity contribution in [2.45, 2.75) is 6.42 Å². The van der Waals surface area contributed by atoms with Crippen molar-refractivity contribution in [1.82, 2.24) is 10.2 Å². The molecule has 0 unspecified atom stereocenters. The van der Waals surface area contributed by atoms with E-state index in [9.17, 15) is 18.0 Å². The van der Waals surface area contributed by atoms with Crippen LogP contribution in [0.2, 0.25) is 0 Å². The number of rotatable bonds is 1. The second-order valence-corrected chi connectivity index (χ2v) is 4.14. The first kappa shape index (κ1) is 12.9. The fourth-order valence-corrected chi connectivity index (χ4v) is 1.95. The minimum absolute atomic E-state index is 0.384. The first-order valence-electron chi connectivity index (χ1n) is 5.74. The fraction of sp³-hybridized carbons (Fsp3) is 0.417. The smallest absolute Gasteiger partial charge is 0.259 e. The zero-order chi connectivity index (χ0) is 13.1. The Hall–Kier alpha value is -1.56. The van der Waals surface area contributed by atoms with E-state index in [1.54, 1.807) is 0 Å². The lowest BCUT2D eigenvalue weighted by molar-refractivity contribution is 0.0756. The van der Waals surface area contributed by atoms with Crippen LogP contribution >= 0.6 is 0 Å². The molecular formula is C12H13F3N2O. The van der Waals surface area contributed by atoms with E-state index in [0.29, 0.717) is 31.8 Å². The lowest BCUT2D eigenvalue weighted by Crippen LogP contribution is -2.35. The standard InChI is InChI=1S/C12H13F3N2O/c13-8-6-9(14)11(10(15)7-8)12(18)17-4-1-2-16-3-5-17/h6-7,16H,1-5H2. The molecule has 98 valence electrons. The number of benzene rings is 1. The van der Waals surface area contributed by atoms with E-state index in [4.69, 9.17) is 0 Å². The molecule has 1 aliphatic heterocycles. The minimum Gasteiger partial charge on any atom is -0.337 e. The van der Waals surface area contributed by atoms with Crippen molar-refractivity contribution >= 4 is 5.91 Å². The van der Waals surface area contributed by atoms with Gasteiger partial charge in [0.2, 0.25) is 0 Å². The van der Waals surface area contributed by atoms with Crippen LogP contribution in [0.3, 0.4) is 0 Å². The summed E-state index contributed by atoms with van der Waals surface area (Å²) < 4.78 is 39.7. The average Bonchev–Trinajstić information content (AvgIpc) is 2.55. The number of hydrogen-bond donors (Lipinski definition) is 1. The molecular weight excluding hydrogens is 245 g/mol. The molecule has 0 atom stereocenters. The minimum atomic E-state index is -1.16. The number of carbonyl (C=O) groups is 1. The predicted octanol–water partition coefficient (Wildman–Crippen LogP) is 1.54. The highest BCUT2D eigenvalue weighted by Crippen LogP contribution is 2.17. The maximum atomic E-state index is 13.5. The molecule has 6 heteroatoms. The van der Waals surface area contributed by atoms with Crippen molar-refractivity contribution in [3.05, 3.63) is 35.1 Å². The van der Waals surface area contributed by atoms with Crippen LogP contribution in [0.15, 0.2) is 12.1 Å².